The molecule has 0 aromatic carbocycles. The van der Waals surface area contributed by atoms with Crippen LogP contribution in [-0.4, -0.2) is 77.8 Å². The topological polar surface area (TPSA) is 301 Å². The second kappa shape index (κ2) is 15.8. The Hall–Kier alpha value is -3.95. The third-order valence-corrected chi connectivity index (χ3v) is 4.35. The van der Waals surface area contributed by atoms with Crippen LogP contribution in [0.15, 0.2) is 4.99 Å². The van der Waals surface area contributed by atoms with Crippen molar-refractivity contribution < 1.29 is 33.9 Å². The molecule has 0 aliphatic carbocycles. The van der Waals surface area contributed by atoms with E-state index < -0.39 is 60.2 Å². The SMILES string of the molecule is NC(=O)CCC(NC(=O)CNC(=O)C(CCC(N)=O)NC(=O)C(N)CCCN=C(N)N)C(=O)O. The maximum absolute atomic E-state index is 12.5. The zero-order valence-corrected chi connectivity index (χ0v) is 18.6. The molecule has 0 aromatic rings. The van der Waals surface area contributed by atoms with Gasteiger partial charge in [-0.1, -0.05) is 0 Å². The number of carbonyl (C=O) groups excluding carboxylic acids is 5. The molecule has 0 fully saturated rings. The predicted octanol–water partition coefficient (Wildman–Crippen LogP) is -4.93. The molecule has 0 rings (SSSR count). The number of rotatable bonds is 17. The number of nitrogens with one attached hydrogen (secondary N) is 3. The molecular weight excluding hydrogens is 454 g/mol. The monoisotopic (exact) mass is 487 g/mol. The van der Waals surface area contributed by atoms with Crippen molar-refractivity contribution in [3.8, 4) is 0 Å². The fourth-order valence-electron chi connectivity index (χ4n) is 2.56. The van der Waals surface area contributed by atoms with Crippen LogP contribution >= 0.6 is 0 Å². The normalized spacial score (nSPS) is 13.0. The largest absolute Gasteiger partial charge is 0.480 e. The number of carboxylic acids is 1. The maximum atomic E-state index is 12.5. The fourth-order valence-corrected chi connectivity index (χ4v) is 2.56. The number of aliphatic imine (C=N–C) groups is 1. The number of guanidine groups is 1. The van der Waals surface area contributed by atoms with Crippen molar-refractivity contribution in [3.63, 3.8) is 0 Å². The molecule has 16 heteroatoms. The lowest BCUT2D eigenvalue weighted by molar-refractivity contribution is -0.142. The molecule has 3 unspecified atom stereocenters. The first kappa shape index (κ1) is 30.1. The Morgan fingerprint density at radius 3 is 1.85 bits per heavy atom. The van der Waals surface area contributed by atoms with E-state index in [2.05, 4.69) is 20.9 Å². The summed E-state index contributed by atoms with van der Waals surface area (Å²) in [5.74, 6) is -5.31. The molecule has 0 spiro atoms. The van der Waals surface area contributed by atoms with E-state index in [1.165, 1.54) is 0 Å². The zero-order chi connectivity index (χ0) is 26.3. The van der Waals surface area contributed by atoms with Gasteiger partial charge in [0.15, 0.2) is 5.96 Å². The number of carbonyl (C=O) groups is 6. The number of amides is 5. The van der Waals surface area contributed by atoms with Gasteiger partial charge >= 0.3 is 5.97 Å². The molecule has 16 nitrogen and oxygen atoms in total. The van der Waals surface area contributed by atoms with Gasteiger partial charge in [0.05, 0.1) is 12.6 Å². The first-order valence-electron chi connectivity index (χ1n) is 10.3. The van der Waals surface area contributed by atoms with Crippen LogP contribution in [0.2, 0.25) is 0 Å². The Morgan fingerprint density at radius 2 is 1.35 bits per heavy atom. The molecule has 34 heavy (non-hydrogen) atoms. The van der Waals surface area contributed by atoms with Gasteiger partial charge in [0.2, 0.25) is 29.5 Å². The molecular formula is C18H33N9O7. The van der Waals surface area contributed by atoms with Crippen LogP contribution in [0.1, 0.15) is 38.5 Å². The van der Waals surface area contributed by atoms with Crippen molar-refractivity contribution in [1.82, 2.24) is 16.0 Å². The van der Waals surface area contributed by atoms with E-state index in [0.29, 0.717) is 6.42 Å². The number of primary amides is 2. The van der Waals surface area contributed by atoms with Crippen LogP contribution in [-0.2, 0) is 28.8 Å². The van der Waals surface area contributed by atoms with Crippen molar-refractivity contribution in [2.45, 2.75) is 56.7 Å². The third-order valence-electron chi connectivity index (χ3n) is 4.35. The molecule has 14 N–H and O–H groups in total. The minimum absolute atomic E-state index is 0.104. The molecule has 0 saturated carbocycles. The van der Waals surface area contributed by atoms with E-state index >= 15 is 0 Å². The van der Waals surface area contributed by atoms with Crippen molar-refractivity contribution in [1.29, 1.82) is 0 Å². The van der Waals surface area contributed by atoms with E-state index in [0.717, 1.165) is 0 Å². The first-order valence-corrected chi connectivity index (χ1v) is 10.3. The van der Waals surface area contributed by atoms with Crippen LogP contribution in [0.4, 0.5) is 0 Å². The lowest BCUT2D eigenvalue weighted by Gasteiger charge is -2.20. The summed E-state index contributed by atoms with van der Waals surface area (Å²) in [6.07, 6.45) is -0.299. The van der Waals surface area contributed by atoms with Crippen molar-refractivity contribution >= 4 is 41.5 Å². The van der Waals surface area contributed by atoms with Crippen molar-refractivity contribution in [3.05, 3.63) is 0 Å². The Bertz CT molecular complexity index is 784. The Labute approximate surface area is 195 Å². The van der Waals surface area contributed by atoms with E-state index in [4.69, 9.17) is 33.8 Å². The van der Waals surface area contributed by atoms with Gasteiger partial charge in [-0.25, -0.2) is 4.79 Å². The molecule has 3 atom stereocenters. The number of carboxylic acid groups (broad SMARTS) is 1. The van der Waals surface area contributed by atoms with Gasteiger partial charge in [-0.3, -0.25) is 29.0 Å². The van der Waals surface area contributed by atoms with Crippen molar-refractivity contribution in [2.24, 2.45) is 33.7 Å². The lowest BCUT2D eigenvalue weighted by atomic mass is 10.1. The summed E-state index contributed by atoms with van der Waals surface area (Å²) in [4.78, 5) is 73.6. The summed E-state index contributed by atoms with van der Waals surface area (Å²) in [6, 6.07) is -3.62. The highest BCUT2D eigenvalue weighted by Crippen LogP contribution is 2.02. The Kier molecular flexibility index (Phi) is 14.0. The average molecular weight is 488 g/mol. The molecule has 0 bridgehead atoms. The summed E-state index contributed by atoms with van der Waals surface area (Å²) in [6.45, 7) is -0.381. The molecule has 192 valence electrons. The number of hydrogen-bond acceptors (Lipinski definition) is 8. The van der Waals surface area contributed by atoms with Gasteiger partial charge in [0.25, 0.3) is 0 Å². The second-order valence-corrected chi connectivity index (χ2v) is 7.30. The number of nitrogens with zero attached hydrogens (tertiary/aromatic N) is 1. The van der Waals surface area contributed by atoms with E-state index in [1.807, 2.05) is 0 Å². The average Bonchev–Trinajstić information content (AvgIpc) is 2.74. The summed E-state index contributed by atoms with van der Waals surface area (Å²) in [7, 11) is 0. The number of aliphatic carboxylic acids is 1. The summed E-state index contributed by atoms with van der Waals surface area (Å²) >= 11 is 0. The van der Waals surface area contributed by atoms with Crippen LogP contribution in [0.3, 0.4) is 0 Å². The quantitative estimate of drug-likeness (QED) is 0.0534. The standard InChI is InChI=1S/C18H33N9O7/c19-9(2-1-7-24-18(22)23)15(31)27-10(3-5-12(20)28)16(32)25-8-14(30)26-11(17(33)34)4-6-13(21)29/h9-11H,1-8,19H2,(H2,20,28)(H2,21,29)(H,25,32)(H,26,30)(H,27,31)(H,33,34)(H4,22,23,24). The molecule has 0 aromatic heterocycles. The Balaban J connectivity index is 4.89. The fraction of sp³-hybridized carbons (Fsp3) is 0.611. The van der Waals surface area contributed by atoms with Gasteiger partial charge in [-0.05, 0) is 25.7 Å². The summed E-state index contributed by atoms with van der Waals surface area (Å²) in [5.41, 5.74) is 26.3. The van der Waals surface area contributed by atoms with Crippen LogP contribution < -0.4 is 44.6 Å². The van der Waals surface area contributed by atoms with E-state index in [9.17, 15) is 28.8 Å². The maximum Gasteiger partial charge on any atom is 0.326 e. The smallest absolute Gasteiger partial charge is 0.326 e. The highest BCUT2D eigenvalue weighted by atomic mass is 16.4. The second-order valence-electron chi connectivity index (χ2n) is 7.30. The molecule has 0 aliphatic heterocycles. The molecule has 0 radical (unpaired) electrons. The van der Waals surface area contributed by atoms with Crippen molar-refractivity contribution in [2.75, 3.05) is 13.1 Å². The van der Waals surface area contributed by atoms with Crippen LogP contribution in [0.25, 0.3) is 0 Å². The Morgan fingerprint density at radius 1 is 0.794 bits per heavy atom. The lowest BCUT2D eigenvalue weighted by Crippen LogP contribution is -2.53. The third kappa shape index (κ3) is 14.2. The van der Waals surface area contributed by atoms with E-state index in [1.54, 1.807) is 0 Å². The number of hydrogen-bond donors (Lipinski definition) is 9. The van der Waals surface area contributed by atoms with Gasteiger partial charge < -0.3 is 49.7 Å². The molecule has 0 aliphatic rings. The first-order chi connectivity index (χ1) is 15.8. The molecule has 0 heterocycles. The predicted molar refractivity (Wildman–Crippen MR) is 119 cm³/mol. The highest BCUT2D eigenvalue weighted by Gasteiger charge is 2.25. The van der Waals surface area contributed by atoms with E-state index in [-0.39, 0.29) is 44.6 Å². The minimum Gasteiger partial charge on any atom is -0.480 e. The van der Waals surface area contributed by atoms with Gasteiger partial charge in [-0.2, -0.15) is 0 Å². The van der Waals surface area contributed by atoms with Gasteiger partial charge in [0.1, 0.15) is 12.1 Å². The van der Waals surface area contributed by atoms with Crippen LogP contribution in [0, 0.1) is 0 Å². The highest BCUT2D eigenvalue weighted by molar-refractivity contribution is 5.93. The van der Waals surface area contributed by atoms with Gasteiger partial charge in [0, 0.05) is 19.4 Å². The van der Waals surface area contributed by atoms with Crippen LogP contribution in [0.5, 0.6) is 0 Å². The van der Waals surface area contributed by atoms with Gasteiger partial charge in [-0.15, -0.1) is 0 Å². The minimum atomic E-state index is -1.39. The summed E-state index contributed by atoms with van der Waals surface area (Å²) in [5, 5.41) is 15.9. The summed E-state index contributed by atoms with van der Waals surface area (Å²) < 4.78 is 0. The zero-order valence-electron chi connectivity index (χ0n) is 18.6. The molecule has 5 amide bonds. The molecule has 0 saturated heterocycles. The number of nitrogens with two attached hydrogens (primary N) is 5.